The lowest BCUT2D eigenvalue weighted by molar-refractivity contribution is -0.122. The van der Waals surface area contributed by atoms with Gasteiger partial charge in [-0.05, 0) is 13.5 Å². The first kappa shape index (κ1) is 13.9. The van der Waals surface area contributed by atoms with Crippen molar-refractivity contribution in [1.29, 1.82) is 0 Å². The van der Waals surface area contributed by atoms with Gasteiger partial charge in [-0.25, -0.2) is 4.98 Å². The highest BCUT2D eigenvalue weighted by molar-refractivity contribution is 6.29. The molecule has 0 unspecified atom stereocenters. The minimum Gasteiger partial charge on any atom is -0.355 e. The molecule has 1 N–H and O–H groups in total. The Morgan fingerprint density at radius 2 is 2.18 bits per heavy atom. The van der Waals surface area contributed by atoms with Crippen LogP contribution in [-0.2, 0) is 11.3 Å². The molecule has 1 amide bonds. The lowest BCUT2D eigenvalue weighted by atomic mass is 10.3. The predicted molar refractivity (Wildman–Crippen MR) is 66.7 cm³/mol. The van der Waals surface area contributed by atoms with Crippen LogP contribution < -0.4 is 5.32 Å². The third-order valence-corrected chi connectivity index (χ3v) is 2.44. The number of nitrogens with zero attached hydrogens (tertiary/aromatic N) is 3. The van der Waals surface area contributed by atoms with Crippen LogP contribution in [0.5, 0.6) is 0 Å². The van der Waals surface area contributed by atoms with Crippen molar-refractivity contribution in [3.05, 3.63) is 23.2 Å². The molecule has 0 radical (unpaired) electrons. The Hall–Kier alpha value is -1.20. The van der Waals surface area contributed by atoms with Crippen molar-refractivity contribution >= 4 is 17.5 Å². The molecule has 1 aromatic heterocycles. The Bertz CT molecular complexity index is 355. The van der Waals surface area contributed by atoms with Gasteiger partial charge in [0, 0.05) is 13.1 Å². The van der Waals surface area contributed by atoms with Gasteiger partial charge in [0.2, 0.25) is 5.91 Å². The Morgan fingerprint density at radius 1 is 1.41 bits per heavy atom. The molecule has 5 nitrogen and oxygen atoms in total. The summed E-state index contributed by atoms with van der Waals surface area (Å²) in [6.07, 6.45) is 3.14. The van der Waals surface area contributed by atoms with Crippen LogP contribution in [0.1, 0.15) is 19.5 Å². The van der Waals surface area contributed by atoms with Gasteiger partial charge in [-0.3, -0.25) is 14.7 Å². The highest BCUT2D eigenvalue weighted by atomic mass is 35.5. The number of carbonyl (C=O) groups is 1. The van der Waals surface area contributed by atoms with E-state index in [1.54, 1.807) is 6.20 Å². The second-order valence-corrected chi connectivity index (χ2v) is 3.97. The molecule has 0 atom stereocenters. The van der Waals surface area contributed by atoms with E-state index in [0.717, 1.165) is 12.2 Å². The minimum atomic E-state index is 0.0243. The molecule has 0 aromatic carbocycles. The molecule has 0 saturated heterocycles. The molecule has 0 aliphatic rings. The molecule has 1 rings (SSSR count). The Morgan fingerprint density at radius 3 is 2.71 bits per heavy atom. The maximum atomic E-state index is 11.4. The van der Waals surface area contributed by atoms with E-state index in [9.17, 15) is 4.79 Å². The van der Waals surface area contributed by atoms with Crippen molar-refractivity contribution in [3.8, 4) is 0 Å². The highest BCUT2D eigenvalue weighted by Crippen LogP contribution is 2.04. The smallest absolute Gasteiger partial charge is 0.234 e. The van der Waals surface area contributed by atoms with Gasteiger partial charge in [-0.2, -0.15) is 0 Å². The van der Waals surface area contributed by atoms with Crippen molar-refractivity contribution < 1.29 is 4.79 Å². The van der Waals surface area contributed by atoms with E-state index in [0.29, 0.717) is 24.8 Å². The van der Waals surface area contributed by atoms with Crippen molar-refractivity contribution in [2.24, 2.45) is 0 Å². The maximum Gasteiger partial charge on any atom is 0.234 e. The molecule has 0 bridgehead atoms. The maximum absolute atomic E-state index is 11.4. The van der Waals surface area contributed by atoms with Crippen LogP contribution in [0.4, 0.5) is 0 Å². The summed E-state index contributed by atoms with van der Waals surface area (Å²) in [5.74, 6) is 0.0243. The lowest BCUT2D eigenvalue weighted by Crippen LogP contribution is -2.36. The Balaban J connectivity index is 2.51. The van der Waals surface area contributed by atoms with Crippen molar-refractivity contribution in [2.75, 3.05) is 19.6 Å². The van der Waals surface area contributed by atoms with Gasteiger partial charge in [0.25, 0.3) is 0 Å². The number of rotatable bonds is 6. The van der Waals surface area contributed by atoms with Crippen LogP contribution in [0.3, 0.4) is 0 Å². The summed E-state index contributed by atoms with van der Waals surface area (Å²) < 4.78 is 0. The Labute approximate surface area is 106 Å². The van der Waals surface area contributed by atoms with E-state index in [4.69, 9.17) is 11.6 Å². The summed E-state index contributed by atoms with van der Waals surface area (Å²) in [6.45, 7) is 6.30. The van der Waals surface area contributed by atoms with Gasteiger partial charge < -0.3 is 5.32 Å². The molecular weight excluding hydrogens is 240 g/mol. The second-order valence-electron chi connectivity index (χ2n) is 3.59. The fraction of sp³-hybridized carbons (Fsp3) is 0.545. The summed E-state index contributed by atoms with van der Waals surface area (Å²) in [5.41, 5.74) is 0.806. The first-order valence-corrected chi connectivity index (χ1v) is 5.99. The van der Waals surface area contributed by atoms with Crippen molar-refractivity contribution in [3.63, 3.8) is 0 Å². The number of halogens is 1. The van der Waals surface area contributed by atoms with Gasteiger partial charge in [0.15, 0.2) is 0 Å². The topological polar surface area (TPSA) is 58.1 Å². The van der Waals surface area contributed by atoms with Crippen molar-refractivity contribution in [2.45, 2.75) is 20.4 Å². The van der Waals surface area contributed by atoms with Crippen LogP contribution >= 0.6 is 11.6 Å². The number of aromatic nitrogens is 2. The molecule has 0 aliphatic carbocycles. The number of amides is 1. The monoisotopic (exact) mass is 256 g/mol. The quantitative estimate of drug-likeness (QED) is 0.828. The van der Waals surface area contributed by atoms with Gasteiger partial charge in [-0.1, -0.05) is 18.5 Å². The minimum absolute atomic E-state index is 0.0243. The van der Waals surface area contributed by atoms with E-state index in [1.807, 2.05) is 18.7 Å². The van der Waals surface area contributed by atoms with E-state index >= 15 is 0 Å². The molecule has 0 fully saturated rings. The van der Waals surface area contributed by atoms with Crippen LogP contribution in [0.15, 0.2) is 12.4 Å². The highest BCUT2D eigenvalue weighted by Gasteiger charge is 2.09. The fourth-order valence-corrected chi connectivity index (χ4v) is 1.48. The number of nitrogens with one attached hydrogen (secondary N) is 1. The number of hydrogen-bond donors (Lipinski definition) is 1. The molecule has 0 aliphatic heterocycles. The summed E-state index contributed by atoms with van der Waals surface area (Å²) in [6, 6.07) is 0. The summed E-state index contributed by atoms with van der Waals surface area (Å²) in [7, 11) is 0. The first-order valence-electron chi connectivity index (χ1n) is 5.61. The molecule has 6 heteroatoms. The first-order chi connectivity index (χ1) is 8.15. The van der Waals surface area contributed by atoms with Gasteiger partial charge in [-0.15, -0.1) is 0 Å². The molecule has 0 saturated carbocycles. The Kier molecular flexibility index (Phi) is 5.86. The summed E-state index contributed by atoms with van der Waals surface area (Å²) in [4.78, 5) is 21.5. The second kappa shape index (κ2) is 7.19. The van der Waals surface area contributed by atoms with Gasteiger partial charge in [0.1, 0.15) is 5.15 Å². The van der Waals surface area contributed by atoms with Crippen LogP contribution in [0.2, 0.25) is 5.15 Å². The SMILES string of the molecule is CCNC(=O)CN(CC)Cc1cnc(Cl)cn1. The summed E-state index contributed by atoms with van der Waals surface area (Å²) in [5, 5.41) is 3.14. The number of likely N-dealkylation sites (N-methyl/N-ethyl adjacent to an activating group) is 2. The molecule has 1 heterocycles. The van der Waals surface area contributed by atoms with E-state index in [2.05, 4.69) is 15.3 Å². The average molecular weight is 257 g/mol. The van der Waals surface area contributed by atoms with Crippen LogP contribution in [0, 0.1) is 0 Å². The van der Waals surface area contributed by atoms with E-state index in [1.165, 1.54) is 6.20 Å². The standard InChI is InChI=1S/C11H17ClN4O/c1-3-13-11(17)8-16(4-2)7-9-5-15-10(12)6-14-9/h5-6H,3-4,7-8H2,1-2H3,(H,13,17). The van der Waals surface area contributed by atoms with Gasteiger partial charge in [0.05, 0.1) is 24.6 Å². The van der Waals surface area contributed by atoms with Crippen LogP contribution in [0.25, 0.3) is 0 Å². The molecule has 0 spiro atoms. The molecule has 94 valence electrons. The summed E-state index contributed by atoms with van der Waals surface area (Å²) >= 11 is 5.66. The largest absolute Gasteiger partial charge is 0.355 e. The normalized spacial score (nSPS) is 10.6. The van der Waals surface area contributed by atoms with Gasteiger partial charge >= 0.3 is 0 Å². The van der Waals surface area contributed by atoms with Crippen LogP contribution in [-0.4, -0.2) is 40.4 Å². The van der Waals surface area contributed by atoms with Crippen molar-refractivity contribution in [1.82, 2.24) is 20.2 Å². The van der Waals surface area contributed by atoms with E-state index < -0.39 is 0 Å². The zero-order valence-corrected chi connectivity index (χ0v) is 10.9. The molecule has 1 aromatic rings. The fourth-order valence-electron chi connectivity index (χ4n) is 1.39. The van der Waals surface area contributed by atoms with E-state index in [-0.39, 0.29) is 5.91 Å². The number of hydrogen-bond acceptors (Lipinski definition) is 4. The molecular formula is C11H17ClN4O. The zero-order valence-electron chi connectivity index (χ0n) is 10.1. The predicted octanol–water partition coefficient (Wildman–Crippen LogP) is 1.09. The third kappa shape index (κ3) is 5.10. The lowest BCUT2D eigenvalue weighted by Gasteiger charge is -2.18. The average Bonchev–Trinajstić information content (AvgIpc) is 2.31. The molecule has 17 heavy (non-hydrogen) atoms. The third-order valence-electron chi connectivity index (χ3n) is 2.25. The number of carbonyl (C=O) groups excluding carboxylic acids is 1. The zero-order chi connectivity index (χ0) is 12.7.